The monoisotopic (exact) mass is 349 g/mol. The number of halogens is 2. The van der Waals surface area contributed by atoms with Crippen LogP contribution in [0.2, 0.25) is 0 Å². The minimum atomic E-state index is -0.147. The van der Waals surface area contributed by atoms with Crippen LogP contribution in [0.1, 0.15) is 36.6 Å². The maximum atomic E-state index is 14.0. The standard InChI is InChI=1S/C18H21BrFN/c1-3-13-5-7-14(8-6-13)18(21-4-2)12-15-11-16(19)9-10-17(15)20/h5-11,18,21H,3-4,12H2,1-2H3. The van der Waals surface area contributed by atoms with E-state index >= 15 is 0 Å². The normalized spacial score (nSPS) is 12.4. The molecule has 112 valence electrons. The molecule has 0 bridgehead atoms. The van der Waals surface area contributed by atoms with E-state index in [1.807, 2.05) is 6.07 Å². The molecule has 0 radical (unpaired) electrons. The van der Waals surface area contributed by atoms with Gasteiger partial charge in [0.2, 0.25) is 0 Å². The summed E-state index contributed by atoms with van der Waals surface area (Å²) in [5.41, 5.74) is 3.26. The van der Waals surface area contributed by atoms with E-state index in [2.05, 4.69) is 59.4 Å². The molecule has 2 rings (SSSR count). The van der Waals surface area contributed by atoms with Gasteiger partial charge in [-0.25, -0.2) is 4.39 Å². The van der Waals surface area contributed by atoms with E-state index < -0.39 is 0 Å². The number of rotatable bonds is 6. The van der Waals surface area contributed by atoms with Crippen LogP contribution in [-0.2, 0) is 12.8 Å². The van der Waals surface area contributed by atoms with E-state index in [1.54, 1.807) is 6.07 Å². The summed E-state index contributed by atoms with van der Waals surface area (Å²) in [5.74, 6) is -0.147. The van der Waals surface area contributed by atoms with Crippen LogP contribution in [0.25, 0.3) is 0 Å². The molecule has 0 aliphatic carbocycles. The fourth-order valence-electron chi connectivity index (χ4n) is 2.46. The summed E-state index contributed by atoms with van der Waals surface area (Å²) in [6.07, 6.45) is 1.68. The molecule has 0 aliphatic heterocycles. The fourth-order valence-corrected chi connectivity index (χ4v) is 2.87. The first-order chi connectivity index (χ1) is 10.1. The Labute approximate surface area is 134 Å². The zero-order valence-electron chi connectivity index (χ0n) is 12.5. The van der Waals surface area contributed by atoms with Crippen LogP contribution in [0, 0.1) is 5.82 Å². The second-order valence-corrected chi connectivity index (χ2v) is 6.06. The first kappa shape index (κ1) is 16.2. The number of likely N-dealkylation sites (N-methyl/N-ethyl adjacent to an activating group) is 1. The number of hydrogen-bond donors (Lipinski definition) is 1. The maximum Gasteiger partial charge on any atom is 0.126 e. The molecule has 0 fully saturated rings. The first-order valence-electron chi connectivity index (χ1n) is 7.40. The Morgan fingerprint density at radius 2 is 1.81 bits per heavy atom. The predicted octanol–water partition coefficient (Wildman–Crippen LogP) is 5.04. The molecule has 1 nitrogen and oxygen atoms in total. The fraction of sp³-hybridized carbons (Fsp3) is 0.333. The molecule has 3 heteroatoms. The summed E-state index contributed by atoms with van der Waals surface area (Å²) in [7, 11) is 0. The van der Waals surface area contributed by atoms with E-state index in [-0.39, 0.29) is 11.9 Å². The lowest BCUT2D eigenvalue weighted by Crippen LogP contribution is -2.23. The predicted molar refractivity (Wildman–Crippen MR) is 90.0 cm³/mol. The van der Waals surface area contributed by atoms with E-state index in [1.165, 1.54) is 17.2 Å². The van der Waals surface area contributed by atoms with Crippen molar-refractivity contribution in [1.29, 1.82) is 0 Å². The van der Waals surface area contributed by atoms with Gasteiger partial charge >= 0.3 is 0 Å². The van der Waals surface area contributed by atoms with Gasteiger partial charge in [0.25, 0.3) is 0 Å². The highest BCUT2D eigenvalue weighted by Crippen LogP contribution is 2.23. The topological polar surface area (TPSA) is 12.0 Å². The number of nitrogens with one attached hydrogen (secondary N) is 1. The van der Waals surface area contributed by atoms with Gasteiger partial charge in [-0.2, -0.15) is 0 Å². The van der Waals surface area contributed by atoms with Crippen molar-refractivity contribution in [2.45, 2.75) is 32.7 Å². The molecule has 0 heterocycles. The summed E-state index contributed by atoms with van der Waals surface area (Å²) >= 11 is 3.41. The maximum absolute atomic E-state index is 14.0. The Bertz CT molecular complexity index is 580. The zero-order valence-corrected chi connectivity index (χ0v) is 14.1. The van der Waals surface area contributed by atoms with Gasteiger partial charge < -0.3 is 5.32 Å². The summed E-state index contributed by atoms with van der Waals surface area (Å²) in [6, 6.07) is 13.8. The Morgan fingerprint density at radius 1 is 1.10 bits per heavy atom. The molecule has 1 N–H and O–H groups in total. The van der Waals surface area contributed by atoms with Crippen molar-refractivity contribution in [3.8, 4) is 0 Å². The van der Waals surface area contributed by atoms with Crippen LogP contribution < -0.4 is 5.32 Å². The summed E-state index contributed by atoms with van der Waals surface area (Å²) in [6.45, 7) is 5.08. The lowest BCUT2D eigenvalue weighted by molar-refractivity contribution is 0.527. The van der Waals surface area contributed by atoms with Crippen LogP contribution in [0.5, 0.6) is 0 Å². The molecule has 0 saturated carbocycles. The van der Waals surface area contributed by atoms with Gasteiger partial charge in [-0.05, 0) is 54.3 Å². The van der Waals surface area contributed by atoms with Crippen LogP contribution in [0.4, 0.5) is 4.39 Å². The molecule has 0 aliphatic rings. The second kappa shape index (κ2) is 7.71. The molecule has 0 aromatic heterocycles. The third-order valence-corrected chi connectivity index (χ3v) is 4.17. The molecule has 2 aromatic rings. The van der Waals surface area contributed by atoms with Gasteiger partial charge in [0.1, 0.15) is 5.82 Å². The van der Waals surface area contributed by atoms with Crippen molar-refractivity contribution in [3.63, 3.8) is 0 Å². The van der Waals surface area contributed by atoms with Crippen molar-refractivity contribution in [2.24, 2.45) is 0 Å². The Balaban J connectivity index is 2.23. The van der Waals surface area contributed by atoms with Crippen molar-refractivity contribution in [2.75, 3.05) is 6.54 Å². The van der Waals surface area contributed by atoms with Crippen LogP contribution in [0.15, 0.2) is 46.9 Å². The Morgan fingerprint density at radius 3 is 2.43 bits per heavy atom. The average molecular weight is 350 g/mol. The molecule has 1 atom stereocenters. The molecule has 0 spiro atoms. The highest BCUT2D eigenvalue weighted by molar-refractivity contribution is 9.10. The summed E-state index contributed by atoms with van der Waals surface area (Å²) in [4.78, 5) is 0. The van der Waals surface area contributed by atoms with Gasteiger partial charge in [-0.1, -0.05) is 54.0 Å². The molecule has 21 heavy (non-hydrogen) atoms. The Hall–Kier alpha value is -1.19. The van der Waals surface area contributed by atoms with Crippen LogP contribution in [0.3, 0.4) is 0 Å². The molecular formula is C18H21BrFN. The van der Waals surface area contributed by atoms with E-state index in [0.29, 0.717) is 6.42 Å². The number of benzene rings is 2. The highest BCUT2D eigenvalue weighted by atomic mass is 79.9. The van der Waals surface area contributed by atoms with Gasteiger partial charge in [-0.3, -0.25) is 0 Å². The smallest absolute Gasteiger partial charge is 0.126 e. The highest BCUT2D eigenvalue weighted by Gasteiger charge is 2.14. The molecule has 0 saturated heterocycles. The van der Waals surface area contributed by atoms with Crippen molar-refractivity contribution in [3.05, 3.63) is 69.4 Å². The van der Waals surface area contributed by atoms with Crippen LogP contribution in [-0.4, -0.2) is 6.54 Å². The summed E-state index contributed by atoms with van der Waals surface area (Å²) in [5, 5.41) is 3.45. The van der Waals surface area contributed by atoms with E-state index in [9.17, 15) is 4.39 Å². The minimum Gasteiger partial charge on any atom is -0.310 e. The molecule has 2 aromatic carbocycles. The van der Waals surface area contributed by atoms with Crippen molar-refractivity contribution >= 4 is 15.9 Å². The second-order valence-electron chi connectivity index (χ2n) is 5.15. The minimum absolute atomic E-state index is 0.129. The van der Waals surface area contributed by atoms with Gasteiger partial charge in [0.15, 0.2) is 0 Å². The number of aryl methyl sites for hydroxylation is 1. The van der Waals surface area contributed by atoms with Crippen molar-refractivity contribution in [1.82, 2.24) is 5.32 Å². The third-order valence-electron chi connectivity index (χ3n) is 3.67. The zero-order chi connectivity index (χ0) is 15.2. The molecule has 0 amide bonds. The van der Waals surface area contributed by atoms with Gasteiger partial charge in [0, 0.05) is 10.5 Å². The summed E-state index contributed by atoms with van der Waals surface area (Å²) < 4.78 is 14.9. The largest absolute Gasteiger partial charge is 0.310 e. The molecule has 1 unspecified atom stereocenters. The third kappa shape index (κ3) is 4.39. The first-order valence-corrected chi connectivity index (χ1v) is 8.19. The average Bonchev–Trinajstić information content (AvgIpc) is 2.50. The van der Waals surface area contributed by atoms with Gasteiger partial charge in [0.05, 0.1) is 0 Å². The van der Waals surface area contributed by atoms with E-state index in [4.69, 9.17) is 0 Å². The van der Waals surface area contributed by atoms with Crippen LogP contribution >= 0.6 is 15.9 Å². The van der Waals surface area contributed by atoms with Crippen molar-refractivity contribution < 1.29 is 4.39 Å². The lowest BCUT2D eigenvalue weighted by atomic mass is 9.97. The van der Waals surface area contributed by atoms with E-state index in [0.717, 1.165) is 23.0 Å². The lowest BCUT2D eigenvalue weighted by Gasteiger charge is -2.19. The Kier molecular flexibility index (Phi) is 5.95. The SMILES string of the molecule is CCNC(Cc1cc(Br)ccc1F)c1ccc(CC)cc1. The quantitative estimate of drug-likeness (QED) is 0.769. The molecular weight excluding hydrogens is 329 g/mol. The van der Waals surface area contributed by atoms with Gasteiger partial charge in [-0.15, -0.1) is 0 Å². The number of hydrogen-bond acceptors (Lipinski definition) is 1.